The van der Waals surface area contributed by atoms with Crippen molar-refractivity contribution in [3.05, 3.63) is 64.3 Å². The first-order chi connectivity index (χ1) is 15.1. The summed E-state index contributed by atoms with van der Waals surface area (Å²) >= 11 is 1.36. The van der Waals surface area contributed by atoms with Gasteiger partial charge in [0.1, 0.15) is 0 Å². The smallest absolute Gasteiger partial charge is 0.249 e. The van der Waals surface area contributed by atoms with Crippen molar-refractivity contribution in [2.24, 2.45) is 0 Å². The number of hydrogen-bond acceptors (Lipinski definition) is 5. The van der Waals surface area contributed by atoms with Gasteiger partial charge in [-0.15, -0.1) is 11.3 Å². The van der Waals surface area contributed by atoms with Crippen LogP contribution in [0.4, 0.5) is 27.1 Å². The third kappa shape index (κ3) is 3.86. The van der Waals surface area contributed by atoms with Gasteiger partial charge in [-0.3, -0.25) is 0 Å². The standard InChI is InChI=1S/C20H16F5N3O2S2/c1-11-2-4-12(5-3-11)13-10-31-20(26-13)27-6-8-28(9-7-27)32(29,30)19-17(24)15(22)14(21)16(23)18(19)25/h2-5,10H,6-9H2,1H3. The number of aromatic nitrogens is 1. The van der Waals surface area contributed by atoms with Gasteiger partial charge >= 0.3 is 0 Å². The lowest BCUT2D eigenvalue weighted by Gasteiger charge is -2.33. The number of piperazine rings is 1. The molecule has 0 bridgehead atoms. The van der Waals surface area contributed by atoms with E-state index in [0.29, 0.717) is 9.44 Å². The lowest BCUT2D eigenvalue weighted by Crippen LogP contribution is -2.49. The van der Waals surface area contributed by atoms with Gasteiger partial charge < -0.3 is 4.90 Å². The minimum absolute atomic E-state index is 0.134. The molecule has 170 valence electrons. The van der Waals surface area contributed by atoms with Crippen molar-refractivity contribution in [2.75, 3.05) is 31.1 Å². The zero-order chi connectivity index (χ0) is 23.2. The normalized spacial score (nSPS) is 15.4. The highest BCUT2D eigenvalue weighted by Crippen LogP contribution is 2.31. The number of halogens is 5. The molecule has 1 saturated heterocycles. The van der Waals surface area contributed by atoms with E-state index in [1.165, 1.54) is 11.3 Å². The molecule has 2 heterocycles. The van der Waals surface area contributed by atoms with E-state index < -0.39 is 44.0 Å². The Labute approximate surface area is 184 Å². The van der Waals surface area contributed by atoms with Crippen molar-refractivity contribution >= 4 is 26.5 Å². The molecule has 0 N–H and O–H groups in total. The molecule has 1 fully saturated rings. The average molecular weight is 489 g/mol. The van der Waals surface area contributed by atoms with Crippen molar-refractivity contribution in [1.29, 1.82) is 0 Å². The molecule has 0 amide bonds. The Morgan fingerprint density at radius 3 is 1.94 bits per heavy atom. The number of hydrogen-bond donors (Lipinski definition) is 0. The van der Waals surface area contributed by atoms with Crippen molar-refractivity contribution in [1.82, 2.24) is 9.29 Å². The summed E-state index contributed by atoms with van der Waals surface area (Å²) in [6.07, 6.45) is 0. The molecule has 32 heavy (non-hydrogen) atoms. The highest BCUT2D eigenvalue weighted by Gasteiger charge is 2.38. The van der Waals surface area contributed by atoms with Gasteiger partial charge in [0.15, 0.2) is 33.3 Å². The van der Waals surface area contributed by atoms with E-state index >= 15 is 0 Å². The maximum atomic E-state index is 14.0. The van der Waals surface area contributed by atoms with E-state index in [1.807, 2.05) is 36.6 Å². The van der Waals surface area contributed by atoms with Crippen LogP contribution in [-0.4, -0.2) is 43.9 Å². The third-order valence-electron chi connectivity index (χ3n) is 5.12. The Hall–Kier alpha value is -2.57. The van der Waals surface area contributed by atoms with Crippen LogP contribution in [0, 0.1) is 36.0 Å². The maximum Gasteiger partial charge on any atom is 0.249 e. The van der Waals surface area contributed by atoms with Gasteiger partial charge in [-0.05, 0) is 6.92 Å². The van der Waals surface area contributed by atoms with E-state index in [1.54, 1.807) is 4.90 Å². The molecule has 4 rings (SSSR count). The predicted octanol–water partition coefficient (Wildman–Crippen LogP) is 4.32. The molecular formula is C20H16F5N3O2S2. The number of anilines is 1. The molecule has 2 aromatic carbocycles. The van der Waals surface area contributed by atoms with Gasteiger partial charge in [0.25, 0.3) is 0 Å². The van der Waals surface area contributed by atoms with Gasteiger partial charge in [-0.25, -0.2) is 35.4 Å². The summed E-state index contributed by atoms with van der Waals surface area (Å²) in [7, 11) is -4.94. The molecule has 1 aromatic heterocycles. The average Bonchev–Trinajstić information content (AvgIpc) is 3.27. The molecule has 1 aliphatic rings. The Morgan fingerprint density at radius 1 is 0.844 bits per heavy atom. The summed E-state index contributed by atoms with van der Waals surface area (Å²) in [5, 5.41) is 2.49. The molecule has 0 aliphatic carbocycles. The second-order valence-electron chi connectivity index (χ2n) is 7.17. The first kappa shape index (κ1) is 22.6. The quantitative estimate of drug-likeness (QED) is 0.311. The van der Waals surface area contributed by atoms with Crippen LogP contribution < -0.4 is 4.90 Å². The number of aryl methyl sites for hydroxylation is 1. The second-order valence-corrected chi connectivity index (χ2v) is 9.88. The molecule has 5 nitrogen and oxygen atoms in total. The lowest BCUT2D eigenvalue weighted by atomic mass is 10.1. The molecule has 0 saturated carbocycles. The van der Waals surface area contributed by atoms with E-state index in [9.17, 15) is 30.4 Å². The Kier molecular flexibility index (Phi) is 5.94. The minimum atomic E-state index is -4.94. The molecule has 0 radical (unpaired) electrons. The summed E-state index contributed by atoms with van der Waals surface area (Å²) in [5.41, 5.74) is 2.78. The van der Waals surface area contributed by atoms with Crippen LogP contribution in [0.5, 0.6) is 0 Å². The topological polar surface area (TPSA) is 53.5 Å². The van der Waals surface area contributed by atoms with Crippen molar-refractivity contribution < 1.29 is 30.4 Å². The molecule has 12 heteroatoms. The van der Waals surface area contributed by atoms with Crippen LogP contribution in [0.1, 0.15) is 5.56 Å². The fourth-order valence-corrected chi connectivity index (χ4v) is 5.75. The summed E-state index contributed by atoms with van der Waals surface area (Å²) in [6, 6.07) is 7.78. The Bertz CT molecular complexity index is 1240. The summed E-state index contributed by atoms with van der Waals surface area (Å²) in [6.45, 7) is 1.82. The molecular weight excluding hydrogens is 473 g/mol. The minimum Gasteiger partial charge on any atom is -0.345 e. The maximum absolute atomic E-state index is 14.0. The van der Waals surface area contributed by atoms with E-state index in [0.717, 1.165) is 16.8 Å². The predicted molar refractivity (Wildman–Crippen MR) is 109 cm³/mol. The molecule has 3 aromatic rings. The van der Waals surface area contributed by atoms with Gasteiger partial charge in [0.2, 0.25) is 15.8 Å². The van der Waals surface area contributed by atoms with Crippen LogP contribution in [-0.2, 0) is 10.0 Å². The molecule has 0 spiro atoms. The monoisotopic (exact) mass is 489 g/mol. The van der Waals surface area contributed by atoms with Gasteiger partial charge in [0, 0.05) is 37.1 Å². The van der Waals surface area contributed by atoms with Crippen LogP contribution in [0.2, 0.25) is 0 Å². The number of thiazole rings is 1. The number of sulfonamides is 1. The number of nitrogens with zero attached hydrogens (tertiary/aromatic N) is 3. The molecule has 0 unspecified atom stereocenters. The van der Waals surface area contributed by atoms with Crippen LogP contribution in [0.25, 0.3) is 11.3 Å². The summed E-state index contributed by atoms with van der Waals surface area (Å²) in [5.74, 6) is -11.7. The molecule has 1 aliphatic heterocycles. The largest absolute Gasteiger partial charge is 0.345 e. The fraction of sp³-hybridized carbons (Fsp3) is 0.250. The van der Waals surface area contributed by atoms with Crippen molar-refractivity contribution in [3.8, 4) is 11.3 Å². The zero-order valence-electron chi connectivity index (χ0n) is 16.6. The summed E-state index contributed by atoms with van der Waals surface area (Å²) < 4.78 is 94.3. The lowest BCUT2D eigenvalue weighted by molar-refractivity contribution is 0.344. The zero-order valence-corrected chi connectivity index (χ0v) is 18.2. The van der Waals surface area contributed by atoms with E-state index in [2.05, 4.69) is 4.98 Å². The van der Waals surface area contributed by atoms with Crippen LogP contribution in [0.15, 0.2) is 34.5 Å². The summed E-state index contributed by atoms with van der Waals surface area (Å²) in [4.78, 5) is 4.52. The third-order valence-corrected chi connectivity index (χ3v) is 7.94. The first-order valence-corrected chi connectivity index (χ1v) is 11.7. The highest BCUT2D eigenvalue weighted by molar-refractivity contribution is 7.89. The van der Waals surface area contributed by atoms with Gasteiger partial charge in [-0.2, -0.15) is 4.31 Å². The van der Waals surface area contributed by atoms with Crippen LogP contribution in [0.3, 0.4) is 0 Å². The van der Waals surface area contributed by atoms with E-state index in [-0.39, 0.29) is 26.2 Å². The Balaban J connectivity index is 1.53. The SMILES string of the molecule is Cc1ccc(-c2csc(N3CCN(S(=O)(=O)c4c(F)c(F)c(F)c(F)c4F)CC3)n2)cc1. The number of rotatable bonds is 4. The molecule has 0 atom stereocenters. The van der Waals surface area contributed by atoms with Gasteiger partial charge in [0.05, 0.1) is 5.69 Å². The second kappa shape index (κ2) is 8.41. The van der Waals surface area contributed by atoms with Crippen LogP contribution >= 0.6 is 11.3 Å². The Morgan fingerprint density at radius 2 is 1.38 bits per heavy atom. The fourth-order valence-electron chi connectivity index (χ4n) is 3.33. The first-order valence-electron chi connectivity index (χ1n) is 9.40. The van der Waals surface area contributed by atoms with E-state index in [4.69, 9.17) is 0 Å². The highest BCUT2D eigenvalue weighted by atomic mass is 32.2. The van der Waals surface area contributed by atoms with Gasteiger partial charge in [-0.1, -0.05) is 29.8 Å². The van der Waals surface area contributed by atoms with Crippen molar-refractivity contribution in [2.45, 2.75) is 11.8 Å². The van der Waals surface area contributed by atoms with Crippen molar-refractivity contribution in [3.63, 3.8) is 0 Å². The number of benzene rings is 2.